The predicted molar refractivity (Wildman–Crippen MR) is 128 cm³/mol. The Labute approximate surface area is 201 Å². The fourth-order valence-corrected chi connectivity index (χ4v) is 3.16. The lowest BCUT2D eigenvalue weighted by Gasteiger charge is -2.34. The molecule has 0 aromatic heterocycles. The molecule has 0 saturated carbocycles. The van der Waals surface area contributed by atoms with E-state index >= 15 is 0 Å². The third kappa shape index (κ3) is 8.43. The Balaban J connectivity index is 3.34. The Morgan fingerprint density at radius 3 is 2.15 bits per heavy atom. The maximum Gasteiger partial charge on any atom is 0.408 e. The lowest BCUT2D eigenvalue weighted by molar-refractivity contribution is -0.145. The zero-order valence-electron chi connectivity index (χ0n) is 20.9. The number of rotatable bonds is 9. The van der Waals surface area contributed by atoms with Crippen LogP contribution >= 0.6 is 0 Å². The lowest BCUT2D eigenvalue weighted by atomic mass is 9.98. The number of terminal acetylenes is 1. The number of carbonyl (C=O) groups excluding carboxylic acids is 4. The van der Waals surface area contributed by atoms with Crippen LogP contribution in [0.5, 0.6) is 0 Å². The van der Waals surface area contributed by atoms with Gasteiger partial charge in [0.2, 0.25) is 11.8 Å². The Kier molecular flexibility index (Phi) is 10.6. The van der Waals surface area contributed by atoms with Gasteiger partial charge in [0.15, 0.2) is 0 Å². The molecular formula is C25H35N3O6. The number of nitrogens with one attached hydrogen (secondary N) is 2. The molecular weight excluding hydrogens is 438 g/mol. The molecule has 0 radical (unpaired) electrons. The van der Waals surface area contributed by atoms with Gasteiger partial charge in [-0.3, -0.25) is 14.4 Å². The van der Waals surface area contributed by atoms with Crippen LogP contribution < -0.4 is 10.6 Å². The summed E-state index contributed by atoms with van der Waals surface area (Å²) in [6.45, 7) is 10.2. The second-order valence-corrected chi connectivity index (χ2v) is 8.95. The number of benzene rings is 1. The first-order chi connectivity index (χ1) is 15.8. The van der Waals surface area contributed by atoms with Crippen LogP contribution in [0.4, 0.5) is 4.79 Å². The maximum absolute atomic E-state index is 13.6. The number of amides is 3. The fraction of sp³-hybridized carbons (Fsp3) is 0.520. The topological polar surface area (TPSA) is 114 Å². The van der Waals surface area contributed by atoms with Gasteiger partial charge in [0.25, 0.3) is 0 Å². The average molecular weight is 474 g/mol. The summed E-state index contributed by atoms with van der Waals surface area (Å²) in [5, 5.41) is 5.14. The van der Waals surface area contributed by atoms with Gasteiger partial charge in [-0.2, -0.15) is 0 Å². The number of hydrogen-bond donors (Lipinski definition) is 2. The van der Waals surface area contributed by atoms with Crippen LogP contribution in [0.1, 0.15) is 58.7 Å². The van der Waals surface area contributed by atoms with Crippen molar-refractivity contribution in [1.29, 1.82) is 0 Å². The molecule has 0 fully saturated rings. The van der Waals surface area contributed by atoms with Crippen molar-refractivity contribution in [2.45, 2.75) is 59.2 Å². The standard InChI is InChI=1S/C25H35N3O6/c1-9-17-11-13-18(14-12-17)21(22(30)26-15-19(29)33-8)28(10-2)23(31)20(16(3)4)27-24(32)34-25(5,6)7/h1,11-14,16,20-21H,10,15H2,2-8H3,(H,26,30)(H,27,32). The highest BCUT2D eigenvalue weighted by atomic mass is 16.6. The van der Waals surface area contributed by atoms with E-state index in [0.29, 0.717) is 11.1 Å². The SMILES string of the molecule is C#Cc1ccc(C(C(=O)NCC(=O)OC)N(CC)C(=O)C(NC(=O)OC(C)(C)C)C(C)C)cc1. The van der Waals surface area contributed by atoms with E-state index in [1.54, 1.807) is 65.8 Å². The molecule has 0 aliphatic carbocycles. The zero-order chi connectivity index (χ0) is 26.1. The summed E-state index contributed by atoms with van der Waals surface area (Å²) < 4.78 is 9.89. The minimum absolute atomic E-state index is 0.158. The summed E-state index contributed by atoms with van der Waals surface area (Å²) in [7, 11) is 1.21. The summed E-state index contributed by atoms with van der Waals surface area (Å²) in [5.74, 6) is 0.537. The van der Waals surface area contributed by atoms with Crippen molar-refractivity contribution in [3.8, 4) is 12.3 Å². The van der Waals surface area contributed by atoms with Crippen molar-refractivity contribution in [2.24, 2.45) is 5.92 Å². The summed E-state index contributed by atoms with van der Waals surface area (Å²) in [5.41, 5.74) is 0.364. The van der Waals surface area contributed by atoms with Crippen molar-refractivity contribution in [2.75, 3.05) is 20.2 Å². The first kappa shape index (κ1) is 28.5. The molecule has 2 unspecified atom stereocenters. The molecule has 2 N–H and O–H groups in total. The van der Waals surface area contributed by atoms with Crippen molar-refractivity contribution < 1.29 is 28.7 Å². The van der Waals surface area contributed by atoms with Gasteiger partial charge in [-0.05, 0) is 51.3 Å². The molecule has 0 heterocycles. The molecule has 2 atom stereocenters. The summed E-state index contributed by atoms with van der Waals surface area (Å²) in [6, 6.07) is 4.60. The minimum Gasteiger partial charge on any atom is -0.468 e. The molecule has 0 aliphatic heterocycles. The number of carbonyl (C=O) groups is 4. The van der Waals surface area contributed by atoms with Crippen LogP contribution in [0.3, 0.4) is 0 Å². The van der Waals surface area contributed by atoms with Crippen LogP contribution in [0, 0.1) is 18.3 Å². The number of nitrogens with zero attached hydrogens (tertiary/aromatic N) is 1. The van der Waals surface area contributed by atoms with E-state index < -0.39 is 41.6 Å². The monoisotopic (exact) mass is 473 g/mol. The molecule has 186 valence electrons. The van der Waals surface area contributed by atoms with E-state index in [0.717, 1.165) is 0 Å². The van der Waals surface area contributed by atoms with Crippen LogP contribution in [0.25, 0.3) is 0 Å². The molecule has 1 aromatic rings. The molecule has 0 aliphatic rings. The molecule has 9 heteroatoms. The smallest absolute Gasteiger partial charge is 0.408 e. The maximum atomic E-state index is 13.6. The number of methoxy groups -OCH3 is 1. The van der Waals surface area contributed by atoms with Gasteiger partial charge in [-0.1, -0.05) is 31.9 Å². The fourth-order valence-electron chi connectivity index (χ4n) is 3.16. The Morgan fingerprint density at radius 2 is 1.71 bits per heavy atom. The summed E-state index contributed by atoms with van der Waals surface area (Å²) in [6.07, 6.45) is 4.70. The number of ether oxygens (including phenoxy) is 2. The molecule has 34 heavy (non-hydrogen) atoms. The van der Waals surface area contributed by atoms with E-state index in [1.165, 1.54) is 12.0 Å². The van der Waals surface area contributed by atoms with E-state index in [-0.39, 0.29) is 19.0 Å². The third-order valence-electron chi connectivity index (χ3n) is 4.82. The first-order valence-corrected chi connectivity index (χ1v) is 11.1. The van der Waals surface area contributed by atoms with Gasteiger partial charge in [-0.15, -0.1) is 6.42 Å². The van der Waals surface area contributed by atoms with Gasteiger partial charge >= 0.3 is 12.1 Å². The summed E-state index contributed by atoms with van der Waals surface area (Å²) in [4.78, 5) is 52.1. The first-order valence-electron chi connectivity index (χ1n) is 11.1. The highest BCUT2D eigenvalue weighted by molar-refractivity contribution is 5.93. The van der Waals surface area contributed by atoms with Gasteiger partial charge in [-0.25, -0.2) is 4.79 Å². The van der Waals surface area contributed by atoms with Crippen LogP contribution in [-0.4, -0.2) is 60.6 Å². The Bertz CT molecular complexity index is 912. The summed E-state index contributed by atoms with van der Waals surface area (Å²) >= 11 is 0. The van der Waals surface area contributed by atoms with Gasteiger partial charge in [0.1, 0.15) is 24.2 Å². The van der Waals surface area contributed by atoms with E-state index in [2.05, 4.69) is 21.3 Å². The highest BCUT2D eigenvalue weighted by Crippen LogP contribution is 2.24. The van der Waals surface area contributed by atoms with E-state index in [1.807, 2.05) is 0 Å². The Morgan fingerprint density at radius 1 is 1.12 bits per heavy atom. The van der Waals surface area contributed by atoms with Crippen molar-refractivity contribution in [1.82, 2.24) is 15.5 Å². The second kappa shape index (κ2) is 12.6. The Hall–Kier alpha value is -3.54. The van der Waals surface area contributed by atoms with Gasteiger partial charge < -0.3 is 25.0 Å². The normalized spacial score (nSPS) is 12.7. The number of likely N-dealkylation sites (N-methyl/N-ethyl adjacent to an activating group) is 1. The largest absolute Gasteiger partial charge is 0.468 e. The quantitative estimate of drug-likeness (QED) is 0.421. The average Bonchev–Trinajstić information content (AvgIpc) is 2.77. The third-order valence-corrected chi connectivity index (χ3v) is 4.82. The molecule has 1 rings (SSSR count). The van der Waals surface area contributed by atoms with Crippen LogP contribution in [-0.2, 0) is 23.9 Å². The number of esters is 1. The molecule has 0 spiro atoms. The second-order valence-electron chi connectivity index (χ2n) is 8.95. The van der Waals surface area contributed by atoms with Gasteiger partial charge in [0.05, 0.1) is 7.11 Å². The van der Waals surface area contributed by atoms with Crippen LogP contribution in [0.2, 0.25) is 0 Å². The van der Waals surface area contributed by atoms with E-state index in [4.69, 9.17) is 11.2 Å². The number of alkyl carbamates (subject to hydrolysis) is 1. The molecule has 9 nitrogen and oxygen atoms in total. The molecule has 0 bridgehead atoms. The lowest BCUT2D eigenvalue weighted by Crippen LogP contribution is -2.55. The zero-order valence-corrected chi connectivity index (χ0v) is 20.9. The predicted octanol–water partition coefficient (Wildman–Crippen LogP) is 2.40. The van der Waals surface area contributed by atoms with Crippen LogP contribution in [0.15, 0.2) is 24.3 Å². The molecule has 3 amide bonds. The van der Waals surface area contributed by atoms with Crippen molar-refractivity contribution in [3.05, 3.63) is 35.4 Å². The molecule has 0 saturated heterocycles. The van der Waals surface area contributed by atoms with E-state index in [9.17, 15) is 19.2 Å². The minimum atomic E-state index is -1.07. The highest BCUT2D eigenvalue weighted by Gasteiger charge is 2.36. The van der Waals surface area contributed by atoms with Crippen molar-refractivity contribution >= 4 is 23.9 Å². The van der Waals surface area contributed by atoms with Gasteiger partial charge in [0, 0.05) is 12.1 Å². The van der Waals surface area contributed by atoms with Crippen molar-refractivity contribution in [3.63, 3.8) is 0 Å². The number of hydrogen-bond acceptors (Lipinski definition) is 6. The molecule has 1 aromatic carbocycles.